The number of esters is 1. The first kappa shape index (κ1) is 18.4. The van der Waals surface area contributed by atoms with E-state index < -0.39 is 0 Å². The van der Waals surface area contributed by atoms with Gasteiger partial charge in [0, 0.05) is 17.9 Å². The fourth-order valence-corrected chi connectivity index (χ4v) is 6.48. The van der Waals surface area contributed by atoms with Crippen molar-refractivity contribution in [2.24, 2.45) is 11.8 Å². The quantitative estimate of drug-likeness (QED) is 0.414. The zero-order valence-electron chi connectivity index (χ0n) is 16.0. The van der Waals surface area contributed by atoms with E-state index in [2.05, 4.69) is 25.1 Å². The largest absolute Gasteiger partial charge is 0.469 e. The van der Waals surface area contributed by atoms with E-state index in [1.54, 1.807) is 11.1 Å². The highest BCUT2D eigenvalue weighted by molar-refractivity contribution is 7.99. The smallest absolute Gasteiger partial charge is 0.305 e. The molecule has 1 aromatic carbocycles. The van der Waals surface area contributed by atoms with Crippen molar-refractivity contribution in [2.45, 2.75) is 68.3 Å². The molecule has 142 valence electrons. The molecule has 1 heterocycles. The van der Waals surface area contributed by atoms with Gasteiger partial charge in [-0.2, -0.15) is 0 Å². The van der Waals surface area contributed by atoms with Crippen molar-refractivity contribution in [3.8, 4) is 0 Å². The zero-order chi connectivity index (χ0) is 18.1. The van der Waals surface area contributed by atoms with Crippen LogP contribution in [0.1, 0.15) is 62.5 Å². The molecule has 4 atom stereocenters. The first-order valence-electron chi connectivity index (χ1n) is 10.1. The van der Waals surface area contributed by atoms with Gasteiger partial charge in [0.05, 0.1) is 12.7 Å². The lowest BCUT2D eigenvalue weighted by atomic mass is 9.59. The van der Waals surface area contributed by atoms with Gasteiger partial charge in [0.15, 0.2) is 0 Å². The summed E-state index contributed by atoms with van der Waals surface area (Å²) >= 11 is 1.86. The average Bonchev–Trinajstić information content (AvgIpc) is 3.06. The summed E-state index contributed by atoms with van der Waals surface area (Å²) in [5.74, 6) is 3.15. The Bertz CT molecular complexity index is 673. The summed E-state index contributed by atoms with van der Waals surface area (Å²) in [4.78, 5) is 12.6. The molecule has 4 heteroatoms. The summed E-state index contributed by atoms with van der Waals surface area (Å²) in [5.41, 5.74) is 3.31. The molecule has 0 aromatic heterocycles. The van der Waals surface area contributed by atoms with E-state index in [0.717, 1.165) is 36.5 Å². The molecule has 1 aliphatic heterocycles. The van der Waals surface area contributed by atoms with Crippen LogP contribution in [0.15, 0.2) is 23.1 Å². The molecular weight excluding hydrogens is 344 g/mol. The molecule has 2 aliphatic carbocycles. The standard InChI is InChI=1S/C22H30O3S/c1-22-11-9-18-17-8-6-16(26-13-3-4-21(23)24-2)14-15(17)5-7-19(18)20(22)10-12-25-22/h6,8,14,18-20H,3-5,7,9-13H2,1-2H3/t18?,19?,20?,22-/m0/s1. The number of carbonyl (C=O) groups excluding carboxylic acids is 1. The Kier molecular flexibility index (Phi) is 5.34. The van der Waals surface area contributed by atoms with E-state index in [1.165, 1.54) is 44.1 Å². The second-order valence-corrected chi connectivity index (χ2v) is 9.46. The molecular formula is C22H30O3S. The summed E-state index contributed by atoms with van der Waals surface area (Å²) in [6.07, 6.45) is 7.65. The van der Waals surface area contributed by atoms with Crippen LogP contribution in [0, 0.1) is 11.8 Å². The predicted molar refractivity (Wildman–Crippen MR) is 105 cm³/mol. The highest BCUT2D eigenvalue weighted by atomic mass is 32.2. The average molecular weight is 375 g/mol. The maximum Gasteiger partial charge on any atom is 0.305 e. The molecule has 26 heavy (non-hydrogen) atoms. The van der Waals surface area contributed by atoms with Crippen molar-refractivity contribution < 1.29 is 14.3 Å². The Labute approximate surface area is 161 Å². The Morgan fingerprint density at radius 2 is 2.23 bits per heavy atom. The normalized spacial score (nSPS) is 32.5. The maximum absolute atomic E-state index is 11.2. The van der Waals surface area contributed by atoms with Crippen LogP contribution in [0.3, 0.4) is 0 Å². The van der Waals surface area contributed by atoms with E-state index in [9.17, 15) is 4.79 Å². The van der Waals surface area contributed by atoms with Crippen LogP contribution in [0.2, 0.25) is 0 Å². The topological polar surface area (TPSA) is 35.5 Å². The third-order valence-electron chi connectivity index (χ3n) is 6.91. The van der Waals surface area contributed by atoms with Gasteiger partial charge in [0.2, 0.25) is 0 Å². The molecule has 0 N–H and O–H groups in total. The predicted octanol–water partition coefficient (Wildman–Crippen LogP) is 4.97. The Balaban J connectivity index is 1.42. The minimum Gasteiger partial charge on any atom is -0.469 e. The fourth-order valence-electron chi connectivity index (χ4n) is 5.56. The highest BCUT2D eigenvalue weighted by Crippen LogP contribution is 2.55. The summed E-state index contributed by atoms with van der Waals surface area (Å²) < 4.78 is 10.9. The molecule has 0 bridgehead atoms. The van der Waals surface area contributed by atoms with Crippen LogP contribution in [0.25, 0.3) is 0 Å². The summed E-state index contributed by atoms with van der Waals surface area (Å²) in [5, 5.41) is 0. The number of benzene rings is 1. The monoisotopic (exact) mass is 374 g/mol. The lowest BCUT2D eigenvalue weighted by Crippen LogP contribution is -2.44. The highest BCUT2D eigenvalue weighted by Gasteiger charge is 2.51. The molecule has 1 aromatic rings. The van der Waals surface area contributed by atoms with Crippen molar-refractivity contribution in [3.05, 3.63) is 29.3 Å². The number of methoxy groups -OCH3 is 1. The summed E-state index contributed by atoms with van der Waals surface area (Å²) in [6.45, 7) is 3.31. The SMILES string of the molecule is COC(=O)CCCSc1ccc2c(c1)CCC1C2CC[C@]2(C)OCCC12. The second kappa shape index (κ2) is 7.55. The molecule has 3 aliphatic rings. The van der Waals surface area contributed by atoms with Gasteiger partial charge in [-0.15, -0.1) is 11.8 Å². The molecule has 1 saturated carbocycles. The molecule has 4 rings (SSSR count). The number of rotatable bonds is 5. The van der Waals surface area contributed by atoms with Gasteiger partial charge in [-0.1, -0.05) is 6.07 Å². The molecule has 2 fully saturated rings. The molecule has 3 nitrogen and oxygen atoms in total. The minimum atomic E-state index is -0.109. The third kappa shape index (κ3) is 3.43. The molecule has 0 spiro atoms. The van der Waals surface area contributed by atoms with E-state index >= 15 is 0 Å². The van der Waals surface area contributed by atoms with Gasteiger partial charge in [-0.05, 0) is 92.2 Å². The number of hydrogen-bond acceptors (Lipinski definition) is 4. The molecule has 1 saturated heterocycles. The van der Waals surface area contributed by atoms with Crippen molar-refractivity contribution in [3.63, 3.8) is 0 Å². The van der Waals surface area contributed by atoms with E-state index in [-0.39, 0.29) is 11.6 Å². The number of ether oxygens (including phenoxy) is 2. The molecule has 0 amide bonds. The van der Waals surface area contributed by atoms with Crippen molar-refractivity contribution in [1.29, 1.82) is 0 Å². The van der Waals surface area contributed by atoms with Gasteiger partial charge in [-0.3, -0.25) is 4.79 Å². The van der Waals surface area contributed by atoms with E-state index in [1.807, 2.05) is 11.8 Å². The van der Waals surface area contributed by atoms with Gasteiger partial charge < -0.3 is 9.47 Å². The lowest BCUT2D eigenvalue weighted by molar-refractivity contribution is -0.140. The number of carbonyl (C=O) groups is 1. The zero-order valence-corrected chi connectivity index (χ0v) is 16.8. The fraction of sp³-hybridized carbons (Fsp3) is 0.682. The number of thioether (sulfide) groups is 1. The lowest BCUT2D eigenvalue weighted by Gasteiger charge is -2.48. The summed E-state index contributed by atoms with van der Waals surface area (Å²) in [7, 11) is 1.46. The first-order valence-corrected chi connectivity index (χ1v) is 11.1. The molecule has 0 radical (unpaired) electrons. The van der Waals surface area contributed by atoms with E-state index in [4.69, 9.17) is 9.47 Å². The van der Waals surface area contributed by atoms with Crippen LogP contribution in [0.4, 0.5) is 0 Å². The molecule has 3 unspecified atom stereocenters. The Hall–Kier alpha value is -1.00. The van der Waals surface area contributed by atoms with Gasteiger partial charge >= 0.3 is 5.97 Å². The minimum absolute atomic E-state index is 0.109. The van der Waals surface area contributed by atoms with Gasteiger partial charge in [0.1, 0.15) is 0 Å². The number of aryl methyl sites for hydroxylation is 1. The number of fused-ring (bicyclic) bond motifs is 5. The Morgan fingerprint density at radius 3 is 3.08 bits per heavy atom. The Morgan fingerprint density at radius 1 is 1.35 bits per heavy atom. The van der Waals surface area contributed by atoms with Gasteiger partial charge in [0.25, 0.3) is 0 Å². The second-order valence-electron chi connectivity index (χ2n) is 8.29. The maximum atomic E-state index is 11.2. The van der Waals surface area contributed by atoms with Crippen molar-refractivity contribution in [1.82, 2.24) is 0 Å². The van der Waals surface area contributed by atoms with Crippen molar-refractivity contribution >= 4 is 17.7 Å². The van der Waals surface area contributed by atoms with Gasteiger partial charge in [-0.25, -0.2) is 0 Å². The van der Waals surface area contributed by atoms with Crippen LogP contribution < -0.4 is 0 Å². The van der Waals surface area contributed by atoms with Crippen LogP contribution in [-0.2, 0) is 20.7 Å². The van der Waals surface area contributed by atoms with Crippen molar-refractivity contribution in [2.75, 3.05) is 19.5 Å². The van der Waals surface area contributed by atoms with Crippen LogP contribution in [-0.4, -0.2) is 31.0 Å². The summed E-state index contributed by atoms with van der Waals surface area (Å²) in [6, 6.07) is 7.10. The first-order chi connectivity index (χ1) is 12.6. The van der Waals surface area contributed by atoms with Crippen LogP contribution >= 0.6 is 11.8 Å². The van der Waals surface area contributed by atoms with E-state index in [0.29, 0.717) is 6.42 Å². The number of hydrogen-bond donors (Lipinski definition) is 0. The third-order valence-corrected chi connectivity index (χ3v) is 7.99. The van der Waals surface area contributed by atoms with Crippen LogP contribution in [0.5, 0.6) is 0 Å².